The maximum Gasteiger partial charge on any atom is 0.249 e. The van der Waals surface area contributed by atoms with Crippen LogP contribution in [0.3, 0.4) is 0 Å². The van der Waals surface area contributed by atoms with Crippen LogP contribution in [0.2, 0.25) is 0 Å². The topological polar surface area (TPSA) is 54.5 Å². The maximum absolute atomic E-state index is 11.9. The highest BCUT2D eigenvalue weighted by Crippen LogP contribution is 2.33. The minimum atomic E-state index is -0.433. The Balaban J connectivity index is 2.39. The van der Waals surface area contributed by atoms with Crippen molar-refractivity contribution in [2.45, 2.75) is 45.4 Å². The lowest BCUT2D eigenvalue weighted by Crippen LogP contribution is -2.46. The molecule has 1 unspecified atom stereocenters. The van der Waals surface area contributed by atoms with E-state index in [0.29, 0.717) is 30.8 Å². The summed E-state index contributed by atoms with van der Waals surface area (Å²) in [7, 11) is 0. The van der Waals surface area contributed by atoms with E-state index >= 15 is 0 Å². The zero-order valence-electron chi connectivity index (χ0n) is 11.0. The van der Waals surface area contributed by atoms with Crippen LogP contribution in [0, 0.1) is 0 Å². The van der Waals surface area contributed by atoms with Crippen molar-refractivity contribution in [1.82, 2.24) is 0 Å². The molecule has 1 aromatic rings. The number of nitrogens with zero attached hydrogens (tertiary/aromatic N) is 1. The van der Waals surface area contributed by atoms with Gasteiger partial charge in [0, 0.05) is 31.0 Å². The Morgan fingerprint density at radius 1 is 1.06 bits per heavy atom. The molecule has 0 saturated heterocycles. The quantitative estimate of drug-likeness (QED) is 0.756. The fourth-order valence-corrected chi connectivity index (χ4v) is 2.86. The molecule has 4 nitrogen and oxygen atoms in total. The van der Waals surface area contributed by atoms with Crippen LogP contribution in [0.25, 0.3) is 0 Å². The fraction of sp³-hybridized carbons (Fsp3) is 0.643. The number of hydrogen-bond donors (Lipinski definition) is 0. The summed E-state index contributed by atoms with van der Waals surface area (Å²) in [6.07, 6.45) is 3.14. The van der Waals surface area contributed by atoms with E-state index in [-0.39, 0.29) is 11.7 Å². The Labute approximate surface area is 106 Å². The molecule has 0 bridgehead atoms. The van der Waals surface area contributed by atoms with Crippen molar-refractivity contribution < 1.29 is 4.79 Å². The minimum absolute atomic E-state index is 0.127. The standard InChI is InChI=1S/C14H19NO3/c1-3-15(4-2)12-11(13(17)14(12)18)9-7-5-6-8-10(9)16/h9H,3-8H2,1-2H3. The second-order valence-electron chi connectivity index (χ2n) is 4.86. The second-order valence-corrected chi connectivity index (χ2v) is 4.86. The van der Waals surface area contributed by atoms with Crippen molar-refractivity contribution in [3.8, 4) is 0 Å². The highest BCUT2D eigenvalue weighted by Gasteiger charge is 2.35. The molecule has 18 heavy (non-hydrogen) atoms. The Kier molecular flexibility index (Phi) is 3.64. The van der Waals surface area contributed by atoms with Crippen LogP contribution in [0.15, 0.2) is 9.59 Å². The highest BCUT2D eigenvalue weighted by molar-refractivity contribution is 5.88. The van der Waals surface area contributed by atoms with Crippen LogP contribution in [0.1, 0.15) is 51.0 Å². The third-order valence-corrected chi connectivity index (χ3v) is 3.90. The van der Waals surface area contributed by atoms with Crippen LogP contribution in [0.4, 0.5) is 5.69 Å². The van der Waals surface area contributed by atoms with Crippen molar-refractivity contribution in [3.63, 3.8) is 0 Å². The van der Waals surface area contributed by atoms with Gasteiger partial charge in [-0.25, -0.2) is 0 Å². The van der Waals surface area contributed by atoms with Crippen LogP contribution in [0.5, 0.6) is 0 Å². The fourth-order valence-electron chi connectivity index (χ4n) is 2.86. The first-order valence-corrected chi connectivity index (χ1v) is 6.72. The van der Waals surface area contributed by atoms with Crippen molar-refractivity contribution in [2.24, 2.45) is 0 Å². The molecule has 1 aromatic carbocycles. The number of anilines is 1. The monoisotopic (exact) mass is 249 g/mol. The first-order valence-electron chi connectivity index (χ1n) is 6.72. The Morgan fingerprint density at radius 3 is 2.28 bits per heavy atom. The van der Waals surface area contributed by atoms with Gasteiger partial charge in [-0.3, -0.25) is 14.4 Å². The summed E-state index contributed by atoms with van der Waals surface area (Å²) in [6.45, 7) is 5.28. The normalized spacial score (nSPS) is 20.3. The number of ketones is 1. The van der Waals surface area contributed by atoms with E-state index in [4.69, 9.17) is 0 Å². The van der Waals surface area contributed by atoms with Crippen LogP contribution < -0.4 is 15.8 Å². The zero-order chi connectivity index (χ0) is 13.3. The highest BCUT2D eigenvalue weighted by atomic mass is 16.2. The summed E-state index contributed by atoms with van der Waals surface area (Å²) in [5, 5.41) is 0. The summed E-state index contributed by atoms with van der Waals surface area (Å²) < 4.78 is 0. The summed E-state index contributed by atoms with van der Waals surface area (Å²) in [5.41, 5.74) is 0.155. The average Bonchev–Trinajstić information content (AvgIpc) is 2.40. The predicted molar refractivity (Wildman–Crippen MR) is 71.1 cm³/mol. The first kappa shape index (κ1) is 13.0. The average molecular weight is 249 g/mol. The van der Waals surface area contributed by atoms with Gasteiger partial charge in [0.15, 0.2) is 0 Å². The van der Waals surface area contributed by atoms with Crippen molar-refractivity contribution in [3.05, 3.63) is 26.0 Å². The molecule has 0 aliphatic heterocycles. The van der Waals surface area contributed by atoms with E-state index in [1.807, 2.05) is 18.7 Å². The van der Waals surface area contributed by atoms with Crippen molar-refractivity contribution in [2.75, 3.05) is 18.0 Å². The van der Waals surface area contributed by atoms with Crippen molar-refractivity contribution >= 4 is 11.5 Å². The van der Waals surface area contributed by atoms with Gasteiger partial charge in [0.05, 0.1) is 5.69 Å². The molecule has 2 rings (SSSR count). The summed E-state index contributed by atoms with van der Waals surface area (Å²) in [6, 6.07) is 0. The van der Waals surface area contributed by atoms with Gasteiger partial charge < -0.3 is 4.90 Å². The maximum atomic E-state index is 11.9. The van der Waals surface area contributed by atoms with E-state index in [9.17, 15) is 14.4 Å². The van der Waals surface area contributed by atoms with Crippen LogP contribution in [-0.4, -0.2) is 18.9 Å². The second kappa shape index (κ2) is 5.04. The molecule has 0 radical (unpaired) electrons. The van der Waals surface area contributed by atoms with Gasteiger partial charge in [0.2, 0.25) is 10.9 Å². The predicted octanol–water partition coefficient (Wildman–Crippen LogP) is 1.36. The van der Waals surface area contributed by atoms with E-state index in [1.54, 1.807) is 0 Å². The summed E-state index contributed by atoms with van der Waals surface area (Å²) in [5.74, 6) is -0.193. The minimum Gasteiger partial charge on any atom is -0.368 e. The van der Waals surface area contributed by atoms with Gasteiger partial charge in [0.1, 0.15) is 5.78 Å². The lowest BCUT2D eigenvalue weighted by molar-refractivity contribution is -0.121. The van der Waals surface area contributed by atoms with Crippen molar-refractivity contribution in [1.29, 1.82) is 0 Å². The van der Waals surface area contributed by atoms with E-state index < -0.39 is 10.9 Å². The molecular weight excluding hydrogens is 230 g/mol. The molecule has 0 amide bonds. The molecular formula is C14H19NO3. The largest absolute Gasteiger partial charge is 0.368 e. The Hall–Kier alpha value is -1.45. The lowest BCUT2D eigenvalue weighted by atomic mass is 9.80. The van der Waals surface area contributed by atoms with Gasteiger partial charge in [-0.2, -0.15) is 0 Å². The third kappa shape index (κ3) is 1.89. The Bertz CT molecular complexity index is 521. The van der Waals surface area contributed by atoms with Gasteiger partial charge in [-0.15, -0.1) is 0 Å². The smallest absolute Gasteiger partial charge is 0.249 e. The summed E-state index contributed by atoms with van der Waals surface area (Å²) in [4.78, 5) is 37.3. The number of carbonyl (C=O) groups excluding carboxylic acids is 1. The molecule has 0 heterocycles. The Morgan fingerprint density at radius 2 is 1.72 bits per heavy atom. The number of hydrogen-bond acceptors (Lipinski definition) is 4. The van der Waals surface area contributed by atoms with Gasteiger partial charge in [-0.05, 0) is 26.7 Å². The van der Waals surface area contributed by atoms with E-state index in [1.165, 1.54) is 0 Å². The molecule has 0 spiro atoms. The molecule has 4 heteroatoms. The molecule has 1 fully saturated rings. The van der Waals surface area contributed by atoms with E-state index in [0.717, 1.165) is 19.3 Å². The molecule has 0 aromatic heterocycles. The zero-order valence-corrected chi connectivity index (χ0v) is 11.0. The number of Topliss-reactive ketones (excluding diaryl/α,β-unsaturated/α-hetero) is 1. The molecule has 0 N–H and O–H groups in total. The molecule has 1 aliphatic rings. The molecule has 1 saturated carbocycles. The molecule has 1 aliphatic carbocycles. The van der Waals surface area contributed by atoms with E-state index in [2.05, 4.69) is 0 Å². The third-order valence-electron chi connectivity index (χ3n) is 3.90. The lowest BCUT2D eigenvalue weighted by Gasteiger charge is -2.29. The SMILES string of the molecule is CCN(CC)c1c(C2CCCCC2=O)c(=O)c1=O. The van der Waals surface area contributed by atoms with Crippen LogP contribution in [-0.2, 0) is 4.79 Å². The number of carbonyl (C=O) groups is 1. The number of rotatable bonds is 4. The van der Waals surface area contributed by atoms with Crippen LogP contribution >= 0.6 is 0 Å². The van der Waals surface area contributed by atoms with Gasteiger partial charge in [0.25, 0.3) is 0 Å². The molecule has 98 valence electrons. The van der Waals surface area contributed by atoms with Gasteiger partial charge >= 0.3 is 0 Å². The summed E-state index contributed by atoms with van der Waals surface area (Å²) >= 11 is 0. The first-order chi connectivity index (χ1) is 8.61. The van der Waals surface area contributed by atoms with Gasteiger partial charge in [-0.1, -0.05) is 6.42 Å². The molecule has 1 atom stereocenters.